The van der Waals surface area contributed by atoms with E-state index in [4.69, 9.17) is 4.74 Å². The summed E-state index contributed by atoms with van der Waals surface area (Å²) in [4.78, 5) is 24.0. The number of aryl methyl sites for hydroxylation is 2. The SMILES string of the molecule is Cc1ccc(S(C)(=O)=O)cc1C(=O)OCC(=O)NCCCc1ccccc1. The second-order valence-electron chi connectivity index (χ2n) is 6.26. The van der Waals surface area contributed by atoms with Crippen LogP contribution < -0.4 is 5.32 Å². The van der Waals surface area contributed by atoms with Gasteiger partial charge in [-0.2, -0.15) is 0 Å². The monoisotopic (exact) mass is 389 g/mol. The maximum absolute atomic E-state index is 12.2. The Kier molecular flexibility index (Phi) is 7.12. The largest absolute Gasteiger partial charge is 0.452 e. The molecule has 0 atom stereocenters. The van der Waals surface area contributed by atoms with Gasteiger partial charge in [0.25, 0.3) is 5.91 Å². The summed E-state index contributed by atoms with van der Waals surface area (Å²) in [6, 6.07) is 14.2. The number of carbonyl (C=O) groups excluding carboxylic acids is 2. The molecule has 0 saturated carbocycles. The van der Waals surface area contributed by atoms with Crippen molar-refractivity contribution in [3.05, 3.63) is 65.2 Å². The van der Waals surface area contributed by atoms with Crippen molar-refractivity contribution in [2.24, 2.45) is 0 Å². The fraction of sp³-hybridized carbons (Fsp3) is 0.300. The maximum atomic E-state index is 12.2. The fourth-order valence-corrected chi connectivity index (χ4v) is 3.12. The number of amides is 1. The van der Waals surface area contributed by atoms with Crippen molar-refractivity contribution in [2.75, 3.05) is 19.4 Å². The number of hydrogen-bond donors (Lipinski definition) is 1. The van der Waals surface area contributed by atoms with Crippen molar-refractivity contribution in [1.29, 1.82) is 0 Å². The molecule has 144 valence electrons. The molecule has 0 aliphatic rings. The molecule has 0 aromatic heterocycles. The molecule has 2 aromatic carbocycles. The first-order valence-corrected chi connectivity index (χ1v) is 10.4. The normalized spacial score (nSPS) is 11.0. The van der Waals surface area contributed by atoms with Gasteiger partial charge in [-0.3, -0.25) is 4.79 Å². The molecule has 6 nitrogen and oxygen atoms in total. The summed E-state index contributed by atoms with van der Waals surface area (Å²) in [5, 5.41) is 2.70. The first-order chi connectivity index (χ1) is 12.8. The molecular formula is C20H23NO5S. The van der Waals surface area contributed by atoms with Crippen LogP contribution in [0.5, 0.6) is 0 Å². The Morgan fingerprint density at radius 3 is 2.44 bits per heavy atom. The van der Waals surface area contributed by atoms with Gasteiger partial charge < -0.3 is 10.1 Å². The highest BCUT2D eigenvalue weighted by atomic mass is 32.2. The predicted molar refractivity (Wildman–Crippen MR) is 102 cm³/mol. The summed E-state index contributed by atoms with van der Waals surface area (Å²) in [7, 11) is -3.43. The van der Waals surface area contributed by atoms with E-state index in [0.717, 1.165) is 19.1 Å². The van der Waals surface area contributed by atoms with E-state index in [0.29, 0.717) is 12.1 Å². The Labute approximate surface area is 159 Å². The smallest absolute Gasteiger partial charge is 0.338 e. The van der Waals surface area contributed by atoms with Gasteiger partial charge in [0, 0.05) is 12.8 Å². The zero-order valence-corrected chi connectivity index (χ0v) is 16.2. The third kappa shape index (κ3) is 6.53. The predicted octanol–water partition coefficient (Wildman–Crippen LogP) is 2.30. The number of carbonyl (C=O) groups is 2. The zero-order valence-electron chi connectivity index (χ0n) is 15.4. The molecule has 27 heavy (non-hydrogen) atoms. The Morgan fingerprint density at radius 2 is 1.78 bits per heavy atom. The van der Waals surface area contributed by atoms with Crippen molar-refractivity contribution >= 4 is 21.7 Å². The van der Waals surface area contributed by atoms with Crippen LogP contribution in [0.1, 0.15) is 27.9 Å². The van der Waals surface area contributed by atoms with Crippen LogP contribution in [-0.2, 0) is 25.8 Å². The molecule has 0 aliphatic heterocycles. The second kappa shape index (κ2) is 9.32. The van der Waals surface area contributed by atoms with Crippen LogP contribution in [0.25, 0.3) is 0 Å². The van der Waals surface area contributed by atoms with Gasteiger partial charge in [-0.05, 0) is 43.0 Å². The highest BCUT2D eigenvalue weighted by Crippen LogP contribution is 2.16. The van der Waals surface area contributed by atoms with Crippen LogP contribution in [0.15, 0.2) is 53.4 Å². The summed E-state index contributed by atoms with van der Waals surface area (Å²) in [5.41, 5.74) is 1.91. The van der Waals surface area contributed by atoms with Crippen molar-refractivity contribution in [2.45, 2.75) is 24.7 Å². The lowest BCUT2D eigenvalue weighted by Gasteiger charge is -2.09. The first-order valence-electron chi connectivity index (χ1n) is 8.56. The lowest BCUT2D eigenvalue weighted by molar-refractivity contribution is -0.124. The molecular weight excluding hydrogens is 366 g/mol. The summed E-state index contributed by atoms with van der Waals surface area (Å²) >= 11 is 0. The molecule has 0 radical (unpaired) electrons. The van der Waals surface area contributed by atoms with E-state index >= 15 is 0 Å². The number of hydrogen-bond acceptors (Lipinski definition) is 5. The molecule has 0 spiro atoms. The second-order valence-corrected chi connectivity index (χ2v) is 8.28. The number of rotatable bonds is 8. The number of ether oxygens (including phenoxy) is 1. The van der Waals surface area contributed by atoms with E-state index < -0.39 is 28.3 Å². The number of nitrogens with one attached hydrogen (secondary N) is 1. The van der Waals surface area contributed by atoms with Gasteiger partial charge in [-0.25, -0.2) is 13.2 Å². The van der Waals surface area contributed by atoms with Crippen LogP contribution in [0.4, 0.5) is 0 Å². The minimum Gasteiger partial charge on any atom is -0.452 e. The van der Waals surface area contributed by atoms with Gasteiger partial charge in [0.15, 0.2) is 16.4 Å². The van der Waals surface area contributed by atoms with Crippen LogP contribution in [0, 0.1) is 6.92 Å². The third-order valence-corrected chi connectivity index (χ3v) is 5.11. The lowest BCUT2D eigenvalue weighted by atomic mass is 10.1. The van der Waals surface area contributed by atoms with E-state index in [1.54, 1.807) is 6.92 Å². The van der Waals surface area contributed by atoms with Crippen LogP contribution in [-0.4, -0.2) is 39.7 Å². The van der Waals surface area contributed by atoms with Crippen LogP contribution in [0.2, 0.25) is 0 Å². The molecule has 1 amide bonds. The summed E-state index contributed by atoms with van der Waals surface area (Å²) < 4.78 is 28.2. The standard InChI is InChI=1S/C20H23NO5S/c1-15-10-11-17(27(2,24)25)13-18(15)20(23)26-14-19(22)21-12-6-9-16-7-4-3-5-8-16/h3-5,7-8,10-11,13H,6,9,12,14H2,1-2H3,(H,21,22). The molecule has 0 saturated heterocycles. The molecule has 2 rings (SSSR count). The molecule has 0 aliphatic carbocycles. The highest BCUT2D eigenvalue weighted by Gasteiger charge is 2.16. The summed E-state index contributed by atoms with van der Waals surface area (Å²) in [5.74, 6) is -1.12. The molecule has 0 unspecified atom stereocenters. The van der Waals surface area contributed by atoms with Crippen LogP contribution >= 0.6 is 0 Å². The topological polar surface area (TPSA) is 89.5 Å². The zero-order chi connectivity index (χ0) is 19.9. The quantitative estimate of drug-likeness (QED) is 0.553. The van der Waals surface area contributed by atoms with E-state index in [9.17, 15) is 18.0 Å². The van der Waals surface area contributed by atoms with Crippen molar-refractivity contribution in [1.82, 2.24) is 5.32 Å². The van der Waals surface area contributed by atoms with Gasteiger partial charge in [0.1, 0.15) is 0 Å². The number of sulfone groups is 1. The van der Waals surface area contributed by atoms with Crippen molar-refractivity contribution < 1.29 is 22.7 Å². The first kappa shape index (κ1) is 20.6. The van der Waals surface area contributed by atoms with Gasteiger partial charge in [0.2, 0.25) is 0 Å². The van der Waals surface area contributed by atoms with E-state index in [2.05, 4.69) is 5.32 Å². The summed E-state index contributed by atoms with van der Waals surface area (Å²) in [6.45, 7) is 1.74. The molecule has 2 aromatic rings. The van der Waals surface area contributed by atoms with Crippen molar-refractivity contribution in [3.63, 3.8) is 0 Å². The van der Waals surface area contributed by atoms with E-state index in [-0.39, 0.29) is 10.5 Å². The number of benzene rings is 2. The molecule has 0 fully saturated rings. The molecule has 0 bridgehead atoms. The summed E-state index contributed by atoms with van der Waals surface area (Å²) in [6.07, 6.45) is 2.69. The average molecular weight is 389 g/mol. The average Bonchev–Trinajstić information content (AvgIpc) is 2.63. The highest BCUT2D eigenvalue weighted by molar-refractivity contribution is 7.90. The van der Waals surface area contributed by atoms with Crippen molar-refractivity contribution in [3.8, 4) is 0 Å². The van der Waals surface area contributed by atoms with Gasteiger partial charge >= 0.3 is 5.97 Å². The van der Waals surface area contributed by atoms with Gasteiger partial charge in [-0.15, -0.1) is 0 Å². The molecule has 0 heterocycles. The third-order valence-electron chi connectivity index (χ3n) is 4.00. The Bertz CT molecular complexity index is 907. The van der Waals surface area contributed by atoms with E-state index in [1.165, 1.54) is 23.8 Å². The Morgan fingerprint density at radius 1 is 1.07 bits per heavy atom. The Hall–Kier alpha value is -2.67. The van der Waals surface area contributed by atoms with E-state index in [1.807, 2.05) is 30.3 Å². The Balaban J connectivity index is 1.80. The number of esters is 1. The fourth-order valence-electron chi connectivity index (χ4n) is 2.48. The van der Waals surface area contributed by atoms with Gasteiger partial charge in [-0.1, -0.05) is 36.4 Å². The molecule has 1 N–H and O–H groups in total. The molecule has 7 heteroatoms. The lowest BCUT2D eigenvalue weighted by Crippen LogP contribution is -2.30. The van der Waals surface area contributed by atoms with Crippen LogP contribution in [0.3, 0.4) is 0 Å². The van der Waals surface area contributed by atoms with Gasteiger partial charge in [0.05, 0.1) is 10.5 Å². The minimum absolute atomic E-state index is 0.0328. The minimum atomic E-state index is -3.43. The maximum Gasteiger partial charge on any atom is 0.338 e.